The van der Waals surface area contributed by atoms with Crippen molar-refractivity contribution in [3.8, 4) is 0 Å². The van der Waals surface area contributed by atoms with Crippen LogP contribution in [-0.2, 0) is 13.6 Å². The number of anilines is 2. The number of nitrogen functional groups attached to an aromatic ring is 1. The number of halogens is 2. The van der Waals surface area contributed by atoms with Crippen molar-refractivity contribution >= 4 is 34.8 Å². The summed E-state index contributed by atoms with van der Waals surface area (Å²) >= 11 is 11.8. The number of hydrogen-bond donors (Lipinski definition) is 2. The lowest BCUT2D eigenvalue weighted by Crippen LogP contribution is -2.08. The molecule has 2 aromatic heterocycles. The van der Waals surface area contributed by atoms with Gasteiger partial charge in [0.2, 0.25) is 0 Å². The average Bonchev–Trinajstić information content (AvgIpc) is 2.68. The minimum atomic E-state index is 0.249. The number of aryl methyl sites for hydroxylation is 1. The van der Waals surface area contributed by atoms with E-state index in [0.717, 1.165) is 5.82 Å². The molecule has 0 bridgehead atoms. The van der Waals surface area contributed by atoms with E-state index >= 15 is 0 Å². The molecule has 2 heterocycles. The fourth-order valence-corrected chi connectivity index (χ4v) is 1.76. The first-order valence-corrected chi connectivity index (χ1v) is 5.65. The smallest absolute Gasteiger partial charge is 0.147 e. The Morgan fingerprint density at radius 3 is 2.82 bits per heavy atom. The lowest BCUT2D eigenvalue weighted by Gasteiger charge is -2.09. The summed E-state index contributed by atoms with van der Waals surface area (Å²) < 4.78 is 1.90. The number of nitrogens with zero attached hydrogens (tertiary/aromatic N) is 3. The van der Waals surface area contributed by atoms with E-state index in [1.807, 2.05) is 17.8 Å². The van der Waals surface area contributed by atoms with Gasteiger partial charge >= 0.3 is 0 Å². The van der Waals surface area contributed by atoms with Gasteiger partial charge in [0.15, 0.2) is 0 Å². The van der Waals surface area contributed by atoms with Crippen LogP contribution in [0, 0.1) is 0 Å². The molecule has 90 valence electrons. The van der Waals surface area contributed by atoms with Gasteiger partial charge in [0.05, 0.1) is 16.6 Å². The molecule has 0 aliphatic rings. The topological polar surface area (TPSA) is 68.8 Å². The molecule has 0 fully saturated rings. The van der Waals surface area contributed by atoms with E-state index in [1.54, 1.807) is 12.3 Å². The Balaban J connectivity index is 2.14. The lowest BCUT2D eigenvalue weighted by molar-refractivity contribution is 0.811. The third kappa shape index (κ3) is 2.62. The van der Waals surface area contributed by atoms with Crippen LogP contribution in [-0.4, -0.2) is 14.5 Å². The van der Waals surface area contributed by atoms with E-state index in [2.05, 4.69) is 15.3 Å². The van der Waals surface area contributed by atoms with Gasteiger partial charge in [0.25, 0.3) is 0 Å². The highest BCUT2D eigenvalue weighted by Crippen LogP contribution is 2.27. The molecule has 0 aromatic carbocycles. The zero-order chi connectivity index (χ0) is 12.4. The van der Waals surface area contributed by atoms with Crippen LogP contribution in [0.1, 0.15) is 5.82 Å². The maximum Gasteiger partial charge on any atom is 0.147 e. The third-order valence-electron chi connectivity index (χ3n) is 2.29. The quantitative estimate of drug-likeness (QED) is 0.899. The van der Waals surface area contributed by atoms with Crippen LogP contribution in [0.25, 0.3) is 0 Å². The maximum absolute atomic E-state index is 5.99. The highest BCUT2D eigenvalue weighted by molar-refractivity contribution is 6.37. The molecule has 17 heavy (non-hydrogen) atoms. The molecule has 0 saturated carbocycles. The summed E-state index contributed by atoms with van der Waals surface area (Å²) in [5, 5.41) is 3.83. The summed E-state index contributed by atoms with van der Waals surface area (Å²) in [5.74, 6) is 1.62. The summed E-state index contributed by atoms with van der Waals surface area (Å²) in [6.45, 7) is 0.511. The van der Waals surface area contributed by atoms with Crippen LogP contribution >= 0.6 is 23.2 Å². The molecule has 3 N–H and O–H groups in total. The van der Waals surface area contributed by atoms with Gasteiger partial charge in [-0.15, -0.1) is 0 Å². The second kappa shape index (κ2) is 4.81. The highest BCUT2D eigenvalue weighted by Gasteiger charge is 2.07. The van der Waals surface area contributed by atoms with Gasteiger partial charge in [0.1, 0.15) is 17.5 Å². The summed E-state index contributed by atoms with van der Waals surface area (Å²) in [6, 6.07) is 1.56. The summed E-state index contributed by atoms with van der Waals surface area (Å²) in [4.78, 5) is 8.24. The molecule has 0 aliphatic heterocycles. The Morgan fingerprint density at radius 1 is 1.41 bits per heavy atom. The number of pyridine rings is 1. The lowest BCUT2D eigenvalue weighted by atomic mass is 10.4. The second-order valence-corrected chi connectivity index (χ2v) is 4.31. The monoisotopic (exact) mass is 271 g/mol. The number of rotatable bonds is 3. The molecule has 5 nitrogen and oxygen atoms in total. The van der Waals surface area contributed by atoms with E-state index in [9.17, 15) is 0 Å². The largest absolute Gasteiger partial charge is 0.382 e. The van der Waals surface area contributed by atoms with Crippen LogP contribution in [0.5, 0.6) is 0 Å². The standard InChI is InChI=1S/C10H11Cl2N5/c1-17-3-2-14-8(17)5-15-10-7(12)4-6(11)9(13)16-10/h2-4H,5H2,1H3,(H3,13,15,16). The van der Waals surface area contributed by atoms with Gasteiger partial charge < -0.3 is 15.6 Å². The number of nitrogens with two attached hydrogens (primary N) is 1. The van der Waals surface area contributed by atoms with Crippen molar-refractivity contribution in [2.75, 3.05) is 11.1 Å². The van der Waals surface area contributed by atoms with E-state index in [0.29, 0.717) is 22.4 Å². The Kier molecular flexibility index (Phi) is 3.40. The second-order valence-electron chi connectivity index (χ2n) is 3.49. The molecule has 2 rings (SSSR count). The van der Waals surface area contributed by atoms with Crippen molar-refractivity contribution < 1.29 is 0 Å². The van der Waals surface area contributed by atoms with Crippen LogP contribution < -0.4 is 11.1 Å². The van der Waals surface area contributed by atoms with Gasteiger partial charge in [-0.2, -0.15) is 0 Å². The van der Waals surface area contributed by atoms with Gasteiger partial charge in [-0.05, 0) is 6.07 Å². The molecule has 7 heteroatoms. The summed E-state index contributed by atoms with van der Waals surface area (Å²) in [5.41, 5.74) is 5.61. The zero-order valence-corrected chi connectivity index (χ0v) is 10.6. The number of imidazole rings is 1. The average molecular weight is 272 g/mol. The van der Waals surface area contributed by atoms with Crippen molar-refractivity contribution in [3.63, 3.8) is 0 Å². The van der Waals surface area contributed by atoms with Crippen molar-refractivity contribution in [2.45, 2.75) is 6.54 Å². The van der Waals surface area contributed by atoms with Gasteiger partial charge in [-0.1, -0.05) is 23.2 Å². The minimum Gasteiger partial charge on any atom is -0.382 e. The van der Waals surface area contributed by atoms with Crippen molar-refractivity contribution in [1.29, 1.82) is 0 Å². The number of aromatic nitrogens is 3. The molecule has 0 aliphatic carbocycles. The van der Waals surface area contributed by atoms with E-state index in [4.69, 9.17) is 28.9 Å². The van der Waals surface area contributed by atoms with Crippen molar-refractivity contribution in [3.05, 3.63) is 34.3 Å². The van der Waals surface area contributed by atoms with E-state index < -0.39 is 0 Å². The molecule has 0 radical (unpaired) electrons. The SMILES string of the molecule is Cn1ccnc1CNc1nc(N)c(Cl)cc1Cl. The molecule has 0 saturated heterocycles. The molecular formula is C10H11Cl2N5. The van der Waals surface area contributed by atoms with E-state index in [1.165, 1.54) is 0 Å². The van der Waals surface area contributed by atoms with Crippen molar-refractivity contribution in [2.24, 2.45) is 7.05 Å². The van der Waals surface area contributed by atoms with Crippen LogP contribution in [0.3, 0.4) is 0 Å². The number of hydrogen-bond acceptors (Lipinski definition) is 4. The fourth-order valence-electron chi connectivity index (χ4n) is 1.33. The van der Waals surface area contributed by atoms with Crippen LogP contribution in [0.4, 0.5) is 11.6 Å². The highest BCUT2D eigenvalue weighted by atomic mass is 35.5. The van der Waals surface area contributed by atoms with Gasteiger partial charge in [-0.25, -0.2) is 9.97 Å². The molecule has 0 amide bonds. The Hall–Kier alpha value is -1.46. The van der Waals surface area contributed by atoms with Crippen LogP contribution in [0.2, 0.25) is 10.0 Å². The first kappa shape index (κ1) is 12.0. The molecule has 0 unspecified atom stereocenters. The van der Waals surface area contributed by atoms with Gasteiger partial charge in [-0.3, -0.25) is 0 Å². The fraction of sp³-hybridized carbons (Fsp3) is 0.200. The predicted octanol–water partition coefficient (Wildman–Crippen LogP) is 2.32. The first-order chi connectivity index (χ1) is 8.08. The number of nitrogens with one attached hydrogen (secondary N) is 1. The zero-order valence-electron chi connectivity index (χ0n) is 9.11. The van der Waals surface area contributed by atoms with Crippen LogP contribution in [0.15, 0.2) is 18.5 Å². The Morgan fingerprint density at radius 2 is 2.18 bits per heavy atom. The Labute approximate surface area is 109 Å². The maximum atomic E-state index is 5.99. The Bertz CT molecular complexity index is 537. The molecule has 2 aromatic rings. The predicted molar refractivity (Wildman–Crippen MR) is 69.2 cm³/mol. The normalized spacial score (nSPS) is 10.5. The molecule has 0 spiro atoms. The first-order valence-electron chi connectivity index (χ1n) is 4.89. The van der Waals surface area contributed by atoms with Crippen molar-refractivity contribution in [1.82, 2.24) is 14.5 Å². The molecular weight excluding hydrogens is 261 g/mol. The third-order valence-corrected chi connectivity index (χ3v) is 2.88. The minimum absolute atomic E-state index is 0.249. The summed E-state index contributed by atoms with van der Waals surface area (Å²) in [7, 11) is 1.91. The van der Waals surface area contributed by atoms with E-state index in [-0.39, 0.29) is 5.82 Å². The summed E-state index contributed by atoms with van der Waals surface area (Å²) in [6.07, 6.45) is 3.59. The van der Waals surface area contributed by atoms with Gasteiger partial charge in [0, 0.05) is 19.4 Å². The molecule has 0 atom stereocenters.